The minimum absolute atomic E-state index is 0.0324. The van der Waals surface area contributed by atoms with E-state index in [0.29, 0.717) is 0 Å². The van der Waals surface area contributed by atoms with Gasteiger partial charge in [-0.1, -0.05) is 0 Å². The molecule has 3 aromatic heterocycles. The minimum atomic E-state index is -0.0324. The summed E-state index contributed by atoms with van der Waals surface area (Å²) in [6.07, 6.45) is 3.92. The van der Waals surface area contributed by atoms with Gasteiger partial charge in [0.05, 0.1) is 6.61 Å². The summed E-state index contributed by atoms with van der Waals surface area (Å²) in [5, 5.41) is 2.34. The van der Waals surface area contributed by atoms with Gasteiger partial charge < -0.3 is 4.74 Å². The van der Waals surface area contributed by atoms with Gasteiger partial charge in [0.2, 0.25) is 0 Å². The molecule has 4 heterocycles. The van der Waals surface area contributed by atoms with E-state index in [9.17, 15) is 0 Å². The first-order valence-electron chi connectivity index (χ1n) is 23.3. The molecule has 11 rings (SSSR count). The summed E-state index contributed by atoms with van der Waals surface area (Å²) < 4.78 is 21.1. The van der Waals surface area contributed by atoms with Crippen LogP contribution in [-0.4, -0.2) is 25.3 Å². The number of benzene rings is 7. The van der Waals surface area contributed by atoms with Crippen LogP contribution in [0.15, 0.2) is 164 Å². The van der Waals surface area contributed by atoms with Gasteiger partial charge in [0.15, 0.2) is 0 Å². The first-order valence-corrected chi connectivity index (χ1v) is 24.4. The Morgan fingerprint density at radius 1 is 0.567 bits per heavy atom. The van der Waals surface area contributed by atoms with Crippen molar-refractivity contribution in [2.24, 2.45) is 0 Å². The molecule has 0 N–H and O–H groups in total. The Kier molecular flexibility index (Phi) is 10.6. The summed E-state index contributed by atoms with van der Waals surface area (Å²) in [6.45, 7) is 16.7. The second kappa shape index (κ2) is 16.5. The fourth-order valence-electron chi connectivity index (χ4n) is 9.70. The first-order chi connectivity index (χ1) is 32.3. The molecule has 1 aliphatic rings. The fraction of sp³-hybridized carbons (Fsp3) is 0.200. The third kappa shape index (κ3) is 7.75. The number of rotatable bonds is 7. The van der Waals surface area contributed by atoms with Crippen LogP contribution in [0.3, 0.4) is 0 Å². The molecule has 336 valence electrons. The second-order valence-electron chi connectivity index (χ2n) is 20.0. The zero-order valence-electron chi connectivity index (χ0n) is 39.1. The topological polar surface area (TPSA) is 46.1 Å². The monoisotopic (exact) mass is 1060 g/mol. The number of imidazole rings is 1. The molecule has 7 aromatic carbocycles. The predicted molar refractivity (Wildman–Crippen MR) is 271 cm³/mol. The Bertz CT molecular complexity index is 3590. The van der Waals surface area contributed by atoms with Gasteiger partial charge in [-0.05, 0) is 37.0 Å². The molecule has 7 heteroatoms. The van der Waals surface area contributed by atoms with Crippen molar-refractivity contribution in [2.75, 3.05) is 6.61 Å². The van der Waals surface area contributed by atoms with E-state index >= 15 is 0 Å². The van der Waals surface area contributed by atoms with Gasteiger partial charge in [-0.15, -0.1) is 0 Å². The standard InChI is InChI=1S/C60H54N4O2.Pt/c1-39-27-28-61-57(30-39)64-54-36-47(25-26-50(54)51-33-41-18-15-29-65-56(41)37-55(51)64)66-46-20-13-19-45(35-46)62-38-63(53-24-12-11-23-52(53)62)58-48(40-16-9-8-10-17-40)21-14-22-49(58)42-31-43(59(2,3)4)34-44(32-42)60(5,6)7;/h8-14,16-17,19-28,30-37H,15,18,29H2,1-7H3;. The number of hydrogen-bond acceptors (Lipinski definition) is 3. The number of ether oxygens (including phenoxy) is 2. The van der Waals surface area contributed by atoms with Gasteiger partial charge in [0.1, 0.15) is 5.75 Å². The van der Waals surface area contributed by atoms with Crippen molar-refractivity contribution < 1.29 is 28.8 Å². The van der Waals surface area contributed by atoms with Crippen molar-refractivity contribution >= 4 is 32.8 Å². The van der Waals surface area contributed by atoms with Crippen molar-refractivity contribution in [1.29, 1.82) is 0 Å². The van der Waals surface area contributed by atoms with E-state index in [1.165, 1.54) is 44.3 Å². The first kappa shape index (κ1) is 42.9. The van der Waals surface area contributed by atoms with Crippen LogP contribution in [0.4, 0.5) is 0 Å². The van der Waals surface area contributed by atoms with Crippen LogP contribution in [0, 0.1) is 10.7 Å². The van der Waals surface area contributed by atoms with Crippen molar-refractivity contribution in [1.82, 2.24) is 18.7 Å². The van der Waals surface area contributed by atoms with Crippen molar-refractivity contribution in [3.05, 3.63) is 190 Å². The molecule has 6 nitrogen and oxygen atoms in total. The van der Waals surface area contributed by atoms with E-state index in [-0.39, 0.29) is 10.8 Å². The smallest absolute Gasteiger partial charge is 0.493 e. The molecule has 1 aliphatic heterocycles. The Labute approximate surface area is 403 Å². The van der Waals surface area contributed by atoms with Gasteiger partial charge in [0.25, 0.3) is 0 Å². The maximum atomic E-state index is 6.85. The van der Waals surface area contributed by atoms with E-state index in [1.54, 1.807) is 0 Å². The molecule has 10 aromatic rings. The van der Waals surface area contributed by atoms with Gasteiger partial charge in [-0.25, -0.2) is 0 Å². The van der Waals surface area contributed by atoms with Crippen molar-refractivity contribution in [3.63, 3.8) is 0 Å². The zero-order valence-corrected chi connectivity index (χ0v) is 41.4. The average Bonchev–Trinajstić information content (AvgIpc) is 3.79. The summed E-state index contributed by atoms with van der Waals surface area (Å²) in [5.74, 6) is 3.32. The van der Waals surface area contributed by atoms with Crippen LogP contribution < -0.4 is 9.47 Å². The van der Waals surface area contributed by atoms with Gasteiger partial charge in [-0.3, -0.25) is 0 Å². The summed E-state index contributed by atoms with van der Waals surface area (Å²) in [5.41, 5.74) is 16.2. The van der Waals surface area contributed by atoms with Crippen molar-refractivity contribution in [2.45, 2.75) is 72.1 Å². The number of aromatic nitrogens is 4. The predicted octanol–water partition coefficient (Wildman–Crippen LogP) is 15.3. The molecule has 0 fully saturated rings. The van der Waals surface area contributed by atoms with Gasteiger partial charge in [-0.2, -0.15) is 0 Å². The molecular weight excluding hydrogens is 1000 g/mol. The average molecular weight is 1060 g/mol. The van der Waals surface area contributed by atoms with Crippen LogP contribution in [0.5, 0.6) is 17.2 Å². The third-order valence-corrected chi connectivity index (χ3v) is 14.3. The van der Waals surface area contributed by atoms with Gasteiger partial charge >= 0.3 is 346 Å². The number of nitrogens with zero attached hydrogens (tertiary/aromatic N) is 4. The maximum absolute atomic E-state index is 6.85. The van der Waals surface area contributed by atoms with E-state index < -0.39 is 0 Å². The molecule has 0 saturated heterocycles. The number of para-hydroxylation sites is 3. The molecule has 0 saturated carbocycles. The van der Waals surface area contributed by atoms with Crippen LogP contribution in [0.1, 0.15) is 70.2 Å². The Hall–Kier alpha value is -6.75. The number of hydrogen-bond donors (Lipinski definition) is 0. The van der Waals surface area contributed by atoms with E-state index in [4.69, 9.17) is 14.5 Å². The summed E-state index contributed by atoms with van der Waals surface area (Å²) in [4.78, 5) is 4.86. The molecule has 0 unspecified atom stereocenters. The van der Waals surface area contributed by atoms with Crippen molar-refractivity contribution in [3.8, 4) is 56.7 Å². The molecular formula is C60H54N4O2Pt. The SMILES string of the molecule is Cc1ccnc(-n2c3cc(Oc4cccc(-n5[c](=[Pt])n(-c6c(-c7ccccc7)cccc6-c6cc(C(C)(C)C)cc(C(C)(C)C)c6)c6ccccc65)c4)ccc3c3cc4c(cc32)OCCC4)c1. The number of pyridine rings is 1. The molecule has 0 bridgehead atoms. The summed E-state index contributed by atoms with van der Waals surface area (Å²) in [7, 11) is 0. The molecule has 0 radical (unpaired) electrons. The second-order valence-corrected chi connectivity index (χ2v) is 21.0. The van der Waals surface area contributed by atoms with E-state index in [1.807, 2.05) is 18.3 Å². The molecule has 0 atom stereocenters. The summed E-state index contributed by atoms with van der Waals surface area (Å²) >= 11 is 2.53. The van der Waals surface area contributed by atoms with E-state index in [0.717, 1.165) is 90.7 Å². The third-order valence-electron chi connectivity index (χ3n) is 13.2. The molecule has 0 aliphatic carbocycles. The van der Waals surface area contributed by atoms with Crippen LogP contribution in [0.2, 0.25) is 0 Å². The summed E-state index contributed by atoms with van der Waals surface area (Å²) in [6, 6.07) is 57.1. The number of fused-ring (bicyclic) bond motifs is 5. The van der Waals surface area contributed by atoms with Crippen LogP contribution >= 0.6 is 0 Å². The zero-order chi connectivity index (χ0) is 46.2. The fourth-order valence-corrected chi connectivity index (χ4v) is 10.8. The molecule has 0 amide bonds. The number of aryl methyl sites for hydroxylation is 2. The van der Waals surface area contributed by atoms with Crippen LogP contribution in [0.25, 0.3) is 72.3 Å². The van der Waals surface area contributed by atoms with Gasteiger partial charge in [0, 0.05) is 6.20 Å². The van der Waals surface area contributed by atoms with E-state index in [2.05, 4.69) is 227 Å². The Morgan fingerprint density at radius 2 is 1.24 bits per heavy atom. The molecule has 67 heavy (non-hydrogen) atoms. The molecule has 0 spiro atoms. The minimum Gasteiger partial charge on any atom is -0.493 e. The van der Waals surface area contributed by atoms with Crippen LogP contribution in [-0.2, 0) is 36.6 Å². The normalized spacial score (nSPS) is 13.0. The Balaban J connectivity index is 1.07. The Morgan fingerprint density at radius 3 is 1.97 bits per heavy atom. The quantitative estimate of drug-likeness (QED) is 0.160.